The van der Waals surface area contributed by atoms with Crippen molar-refractivity contribution >= 4 is 21.9 Å². The van der Waals surface area contributed by atoms with E-state index in [-0.39, 0.29) is 22.1 Å². The molecule has 144 valence electrons. The molecule has 7 nitrogen and oxygen atoms in total. The van der Waals surface area contributed by atoms with Crippen molar-refractivity contribution in [2.75, 3.05) is 0 Å². The van der Waals surface area contributed by atoms with Crippen LogP contribution in [0.1, 0.15) is 35.8 Å². The first kappa shape index (κ1) is 20.5. The molecule has 2 aromatic rings. The van der Waals surface area contributed by atoms with Gasteiger partial charge in [0, 0.05) is 17.2 Å². The van der Waals surface area contributed by atoms with Crippen LogP contribution in [0.25, 0.3) is 0 Å². The minimum Gasteiger partial charge on any atom is -0.479 e. The lowest BCUT2D eigenvalue weighted by Gasteiger charge is -2.16. The van der Waals surface area contributed by atoms with Gasteiger partial charge in [-0.05, 0) is 38.1 Å². The van der Waals surface area contributed by atoms with Crippen LogP contribution in [0.3, 0.4) is 0 Å². The zero-order valence-corrected chi connectivity index (χ0v) is 15.5. The minimum absolute atomic E-state index is 0.0655. The van der Waals surface area contributed by atoms with Crippen molar-refractivity contribution in [3.8, 4) is 0 Å². The van der Waals surface area contributed by atoms with Gasteiger partial charge in [-0.2, -0.15) is 0 Å². The summed E-state index contributed by atoms with van der Waals surface area (Å²) < 4.78 is 40.7. The third-order valence-electron chi connectivity index (χ3n) is 3.54. The first-order valence-corrected chi connectivity index (χ1v) is 9.50. The summed E-state index contributed by atoms with van der Waals surface area (Å²) in [7, 11) is -3.83. The van der Waals surface area contributed by atoms with Crippen LogP contribution in [0.5, 0.6) is 0 Å². The summed E-state index contributed by atoms with van der Waals surface area (Å²) in [4.78, 5) is 23.8. The molecule has 0 saturated heterocycles. The van der Waals surface area contributed by atoms with Gasteiger partial charge in [-0.1, -0.05) is 24.3 Å². The van der Waals surface area contributed by atoms with Crippen LogP contribution in [-0.4, -0.2) is 31.4 Å². The highest BCUT2D eigenvalue weighted by molar-refractivity contribution is 7.89. The Kier molecular flexibility index (Phi) is 6.29. The molecule has 0 bridgehead atoms. The van der Waals surface area contributed by atoms with Gasteiger partial charge in [0.1, 0.15) is 5.82 Å². The van der Waals surface area contributed by atoms with E-state index in [0.717, 1.165) is 12.1 Å². The van der Waals surface area contributed by atoms with Crippen LogP contribution in [-0.2, 0) is 14.8 Å². The monoisotopic (exact) mass is 394 g/mol. The van der Waals surface area contributed by atoms with Crippen molar-refractivity contribution in [2.24, 2.45) is 0 Å². The Morgan fingerprint density at radius 2 is 1.74 bits per heavy atom. The standard InChI is InChI=1S/C18H19FN2O5S/c1-11(2)21-27(25,26)13-7-5-6-12(10-13)17(22)20-16(18(23)24)14-8-3-4-9-15(14)19/h3-11,16,21H,1-2H3,(H,20,22)(H,23,24). The van der Waals surface area contributed by atoms with E-state index in [4.69, 9.17) is 0 Å². The maximum atomic E-state index is 13.9. The number of carbonyl (C=O) groups excluding carboxylic acids is 1. The van der Waals surface area contributed by atoms with Crippen LogP contribution >= 0.6 is 0 Å². The molecule has 0 aliphatic rings. The Hall–Kier alpha value is -2.78. The van der Waals surface area contributed by atoms with Crippen LogP contribution in [0.2, 0.25) is 0 Å². The fourth-order valence-corrected chi connectivity index (χ4v) is 3.68. The highest BCUT2D eigenvalue weighted by Crippen LogP contribution is 2.19. The van der Waals surface area contributed by atoms with E-state index < -0.39 is 33.8 Å². The summed E-state index contributed by atoms with van der Waals surface area (Å²) in [6.07, 6.45) is 0. The summed E-state index contributed by atoms with van der Waals surface area (Å²) in [5.41, 5.74) is -0.271. The van der Waals surface area contributed by atoms with Crippen LogP contribution < -0.4 is 10.0 Å². The normalized spacial score (nSPS) is 12.6. The van der Waals surface area contributed by atoms with Crippen LogP contribution in [0.15, 0.2) is 53.4 Å². The number of aliphatic carboxylic acids is 1. The number of sulfonamides is 1. The summed E-state index contributed by atoms with van der Waals surface area (Å²) in [5, 5.41) is 11.6. The van der Waals surface area contributed by atoms with Gasteiger partial charge in [0.25, 0.3) is 5.91 Å². The maximum absolute atomic E-state index is 13.9. The maximum Gasteiger partial charge on any atom is 0.331 e. The summed E-state index contributed by atoms with van der Waals surface area (Å²) >= 11 is 0. The summed E-state index contributed by atoms with van der Waals surface area (Å²) in [5.74, 6) is -3.06. The molecule has 0 aromatic heterocycles. The molecule has 1 atom stereocenters. The van der Waals surface area contributed by atoms with E-state index in [1.165, 1.54) is 36.4 Å². The average molecular weight is 394 g/mol. The number of amides is 1. The summed E-state index contributed by atoms with van der Waals surface area (Å²) in [6, 6.07) is 8.36. The Morgan fingerprint density at radius 3 is 2.33 bits per heavy atom. The highest BCUT2D eigenvalue weighted by atomic mass is 32.2. The second-order valence-electron chi connectivity index (χ2n) is 6.07. The van der Waals surface area contributed by atoms with Gasteiger partial charge in [-0.3, -0.25) is 4.79 Å². The largest absolute Gasteiger partial charge is 0.479 e. The molecule has 2 rings (SSSR count). The van der Waals surface area contributed by atoms with Crippen LogP contribution in [0, 0.1) is 5.82 Å². The van der Waals surface area contributed by atoms with E-state index in [1.807, 2.05) is 0 Å². The van der Waals surface area contributed by atoms with Crippen molar-refractivity contribution in [1.82, 2.24) is 10.0 Å². The fourth-order valence-electron chi connectivity index (χ4n) is 2.38. The molecule has 0 heterocycles. The predicted molar refractivity (Wildman–Crippen MR) is 96.1 cm³/mol. The van der Waals surface area contributed by atoms with E-state index in [2.05, 4.69) is 10.0 Å². The second-order valence-corrected chi connectivity index (χ2v) is 7.78. The summed E-state index contributed by atoms with van der Waals surface area (Å²) in [6.45, 7) is 3.31. The van der Waals surface area contributed by atoms with Gasteiger partial charge >= 0.3 is 5.97 Å². The van der Waals surface area contributed by atoms with E-state index in [1.54, 1.807) is 13.8 Å². The molecule has 2 aromatic carbocycles. The van der Waals surface area contributed by atoms with Gasteiger partial charge in [0.2, 0.25) is 10.0 Å². The minimum atomic E-state index is -3.83. The van der Waals surface area contributed by atoms with Crippen molar-refractivity contribution in [3.05, 3.63) is 65.5 Å². The van der Waals surface area contributed by atoms with E-state index >= 15 is 0 Å². The number of benzene rings is 2. The smallest absolute Gasteiger partial charge is 0.331 e. The molecule has 0 spiro atoms. The number of hydrogen-bond donors (Lipinski definition) is 3. The number of nitrogens with one attached hydrogen (secondary N) is 2. The average Bonchev–Trinajstić information content (AvgIpc) is 2.59. The lowest BCUT2D eigenvalue weighted by molar-refractivity contribution is -0.139. The van der Waals surface area contributed by atoms with Gasteiger partial charge in [-0.25, -0.2) is 22.3 Å². The van der Waals surface area contributed by atoms with E-state index in [0.29, 0.717) is 0 Å². The topological polar surface area (TPSA) is 113 Å². The molecule has 0 aliphatic carbocycles. The van der Waals surface area contributed by atoms with Crippen molar-refractivity contribution in [2.45, 2.75) is 30.8 Å². The molecule has 9 heteroatoms. The zero-order valence-electron chi connectivity index (χ0n) is 14.6. The number of rotatable bonds is 7. The molecule has 27 heavy (non-hydrogen) atoms. The van der Waals surface area contributed by atoms with Gasteiger partial charge in [-0.15, -0.1) is 0 Å². The van der Waals surface area contributed by atoms with Gasteiger partial charge < -0.3 is 10.4 Å². The molecular weight excluding hydrogens is 375 g/mol. The molecule has 1 unspecified atom stereocenters. The Labute approximate surface area is 156 Å². The predicted octanol–water partition coefficient (Wildman–Crippen LogP) is 2.07. The molecule has 0 saturated carbocycles. The van der Waals surface area contributed by atoms with Crippen molar-refractivity contribution in [1.29, 1.82) is 0 Å². The second kappa shape index (κ2) is 8.28. The first-order chi connectivity index (χ1) is 12.6. The van der Waals surface area contributed by atoms with Gasteiger partial charge in [0.05, 0.1) is 4.90 Å². The Balaban J connectivity index is 2.31. The number of carboxylic acid groups (broad SMARTS) is 1. The molecule has 3 N–H and O–H groups in total. The highest BCUT2D eigenvalue weighted by Gasteiger charge is 2.26. The van der Waals surface area contributed by atoms with E-state index in [9.17, 15) is 27.5 Å². The van der Waals surface area contributed by atoms with Crippen LogP contribution in [0.4, 0.5) is 4.39 Å². The number of carboxylic acids is 1. The third-order valence-corrected chi connectivity index (χ3v) is 5.19. The zero-order chi connectivity index (χ0) is 20.2. The molecule has 1 amide bonds. The van der Waals surface area contributed by atoms with Crippen molar-refractivity contribution in [3.63, 3.8) is 0 Å². The van der Waals surface area contributed by atoms with Crippen molar-refractivity contribution < 1.29 is 27.5 Å². The molecular formula is C18H19FN2O5S. The van der Waals surface area contributed by atoms with Gasteiger partial charge in [0.15, 0.2) is 6.04 Å². The number of carbonyl (C=O) groups is 2. The number of halogens is 1. The molecule has 0 radical (unpaired) electrons. The Bertz CT molecular complexity index is 960. The third kappa shape index (κ3) is 5.11. The molecule has 0 aliphatic heterocycles. The molecule has 0 fully saturated rings. The SMILES string of the molecule is CC(C)NS(=O)(=O)c1cccc(C(=O)NC(C(=O)O)c2ccccc2F)c1. The number of hydrogen-bond acceptors (Lipinski definition) is 4. The Morgan fingerprint density at radius 1 is 1.07 bits per heavy atom. The fraction of sp³-hybridized carbons (Fsp3) is 0.222. The first-order valence-electron chi connectivity index (χ1n) is 8.02. The lowest BCUT2D eigenvalue weighted by Crippen LogP contribution is -2.34. The quantitative estimate of drug-likeness (QED) is 0.665. The lowest BCUT2D eigenvalue weighted by atomic mass is 10.1.